The maximum absolute atomic E-state index is 12.3. The lowest BCUT2D eigenvalue weighted by Crippen LogP contribution is -2.48. The Bertz CT molecular complexity index is 608. The quantitative estimate of drug-likeness (QED) is 0.184. The van der Waals surface area contributed by atoms with Crippen molar-refractivity contribution >= 4 is 17.6 Å². The number of nitrogens with one attached hydrogen (secondary N) is 1. The normalized spacial score (nSPS) is 14.5. The van der Waals surface area contributed by atoms with Gasteiger partial charge < -0.3 is 29.2 Å². The van der Waals surface area contributed by atoms with Gasteiger partial charge in [-0.15, -0.1) is 0 Å². The van der Waals surface area contributed by atoms with Gasteiger partial charge in [0, 0.05) is 45.7 Å². The number of unbranched alkanes of at least 4 members (excludes halogenated alkanes) is 1. The molecule has 0 unspecified atom stereocenters. The van der Waals surface area contributed by atoms with Crippen molar-refractivity contribution in [2.75, 3.05) is 92.1 Å². The van der Waals surface area contributed by atoms with E-state index in [9.17, 15) is 14.4 Å². The molecule has 202 valence electrons. The summed E-state index contributed by atoms with van der Waals surface area (Å²) < 4.78 is 21.8. The molecule has 0 aromatic heterocycles. The van der Waals surface area contributed by atoms with Crippen molar-refractivity contribution in [1.29, 1.82) is 0 Å². The molecule has 1 N–H and O–H groups in total. The zero-order chi connectivity index (χ0) is 25.6. The van der Waals surface area contributed by atoms with E-state index in [2.05, 4.69) is 17.1 Å². The van der Waals surface area contributed by atoms with Crippen LogP contribution in [0.4, 0.5) is 0 Å². The Balaban J connectivity index is 1.83. The molecule has 10 nitrogen and oxygen atoms in total. The lowest BCUT2D eigenvalue weighted by atomic mass is 10.2. The molecule has 0 aliphatic carbocycles. The molecule has 0 aromatic carbocycles. The third-order valence-electron chi connectivity index (χ3n) is 5.34. The van der Waals surface area contributed by atoms with Crippen LogP contribution in [-0.2, 0) is 33.3 Å². The van der Waals surface area contributed by atoms with Gasteiger partial charge in [-0.2, -0.15) is 0 Å². The summed E-state index contributed by atoms with van der Waals surface area (Å²) in [6.45, 7) is 11.6. The summed E-state index contributed by atoms with van der Waals surface area (Å²) in [5, 5.41) is 2.82. The average molecular weight is 500 g/mol. The number of piperazine rings is 1. The predicted molar refractivity (Wildman–Crippen MR) is 133 cm³/mol. The number of amides is 2. The molecule has 0 aromatic rings. The van der Waals surface area contributed by atoms with Gasteiger partial charge in [0.05, 0.1) is 59.3 Å². The first-order valence-electron chi connectivity index (χ1n) is 12.8. The van der Waals surface area contributed by atoms with E-state index in [1.165, 1.54) is 6.92 Å². The molecular weight excluding hydrogens is 454 g/mol. The van der Waals surface area contributed by atoms with Gasteiger partial charge in [0.1, 0.15) is 0 Å². The first-order valence-corrected chi connectivity index (χ1v) is 12.8. The minimum Gasteiger partial charge on any atom is -0.379 e. The van der Waals surface area contributed by atoms with Crippen LogP contribution in [0.15, 0.2) is 12.2 Å². The maximum atomic E-state index is 12.3. The van der Waals surface area contributed by atoms with E-state index in [0.29, 0.717) is 85.3 Å². The molecule has 1 aliphatic rings. The summed E-state index contributed by atoms with van der Waals surface area (Å²) in [4.78, 5) is 38.7. The highest BCUT2D eigenvalue weighted by atomic mass is 16.6. The smallest absolute Gasteiger partial charge is 0.224 e. The molecule has 1 rings (SSSR count). The number of ketones is 1. The maximum Gasteiger partial charge on any atom is 0.224 e. The second kappa shape index (κ2) is 21.4. The Morgan fingerprint density at radius 1 is 0.800 bits per heavy atom. The summed E-state index contributed by atoms with van der Waals surface area (Å²) in [5.74, 6) is 0.237. The number of rotatable bonds is 21. The van der Waals surface area contributed by atoms with E-state index >= 15 is 0 Å². The molecule has 2 amide bonds. The molecule has 0 atom stereocenters. The third kappa shape index (κ3) is 18.1. The SMILES string of the molecule is CCCCC(=O)NCCOCCOCCOCCOCCC(=O)N1CCN(C/C=C/C(C)=O)CC1. The summed E-state index contributed by atoms with van der Waals surface area (Å²) in [6, 6.07) is 0. The second-order valence-corrected chi connectivity index (χ2v) is 8.35. The van der Waals surface area contributed by atoms with Crippen LogP contribution in [0.5, 0.6) is 0 Å². The van der Waals surface area contributed by atoms with Gasteiger partial charge in [0.25, 0.3) is 0 Å². The Hall–Kier alpha value is -1.85. The Kier molecular flexibility index (Phi) is 19.1. The van der Waals surface area contributed by atoms with Gasteiger partial charge in [0.2, 0.25) is 11.8 Å². The molecule has 1 heterocycles. The van der Waals surface area contributed by atoms with Gasteiger partial charge in [0.15, 0.2) is 5.78 Å². The van der Waals surface area contributed by atoms with Crippen molar-refractivity contribution in [3.05, 3.63) is 12.2 Å². The molecule has 0 bridgehead atoms. The molecule has 1 aliphatic heterocycles. The van der Waals surface area contributed by atoms with E-state index in [1.807, 2.05) is 11.0 Å². The minimum absolute atomic E-state index is 0.0521. The molecule has 1 saturated heterocycles. The molecule has 1 fully saturated rings. The third-order valence-corrected chi connectivity index (χ3v) is 5.34. The fourth-order valence-electron chi connectivity index (χ4n) is 3.32. The predicted octanol–water partition coefficient (Wildman–Crippen LogP) is 1.04. The van der Waals surface area contributed by atoms with Gasteiger partial charge in [-0.3, -0.25) is 19.3 Å². The number of nitrogens with zero attached hydrogens (tertiary/aromatic N) is 2. The fourth-order valence-corrected chi connectivity index (χ4v) is 3.32. The van der Waals surface area contributed by atoms with E-state index in [0.717, 1.165) is 32.5 Å². The lowest BCUT2D eigenvalue weighted by Gasteiger charge is -2.34. The van der Waals surface area contributed by atoms with E-state index in [4.69, 9.17) is 18.9 Å². The molecule has 0 radical (unpaired) electrons. The summed E-state index contributed by atoms with van der Waals surface area (Å²) in [7, 11) is 0. The van der Waals surface area contributed by atoms with Crippen LogP contribution < -0.4 is 5.32 Å². The number of hydrogen-bond acceptors (Lipinski definition) is 8. The van der Waals surface area contributed by atoms with Gasteiger partial charge in [-0.1, -0.05) is 19.4 Å². The second-order valence-electron chi connectivity index (χ2n) is 8.35. The molecule has 0 spiro atoms. The lowest BCUT2D eigenvalue weighted by molar-refractivity contribution is -0.134. The monoisotopic (exact) mass is 499 g/mol. The van der Waals surface area contributed by atoms with Crippen LogP contribution in [-0.4, -0.2) is 120 Å². The fraction of sp³-hybridized carbons (Fsp3) is 0.800. The standard InChI is InChI=1S/C25H45N3O7/c1-3-4-7-24(30)26-9-16-33-18-20-35-22-21-34-19-17-32-15-8-25(31)28-13-11-27(12-14-28)10-5-6-23(2)29/h5-6H,3-4,7-22H2,1-2H3,(H,26,30)/b6-5+. The van der Waals surface area contributed by atoms with Crippen LogP contribution in [0.3, 0.4) is 0 Å². The van der Waals surface area contributed by atoms with Gasteiger partial charge in [-0.25, -0.2) is 0 Å². The van der Waals surface area contributed by atoms with E-state index in [-0.39, 0.29) is 17.6 Å². The topological polar surface area (TPSA) is 107 Å². The van der Waals surface area contributed by atoms with E-state index < -0.39 is 0 Å². The highest BCUT2D eigenvalue weighted by molar-refractivity contribution is 5.87. The number of ether oxygens (including phenoxy) is 4. The summed E-state index contributed by atoms with van der Waals surface area (Å²) in [6.07, 6.45) is 6.33. The molecular formula is C25H45N3O7. The summed E-state index contributed by atoms with van der Waals surface area (Å²) >= 11 is 0. The van der Waals surface area contributed by atoms with Crippen molar-refractivity contribution in [2.45, 2.75) is 39.5 Å². The summed E-state index contributed by atoms with van der Waals surface area (Å²) in [5.41, 5.74) is 0. The number of allylic oxidation sites excluding steroid dienone is 1. The Morgan fingerprint density at radius 3 is 1.94 bits per heavy atom. The van der Waals surface area contributed by atoms with Crippen LogP contribution in [0.2, 0.25) is 0 Å². The average Bonchev–Trinajstić information content (AvgIpc) is 2.85. The first-order chi connectivity index (χ1) is 17.0. The van der Waals surface area contributed by atoms with Crippen molar-refractivity contribution in [3.8, 4) is 0 Å². The Morgan fingerprint density at radius 2 is 1.37 bits per heavy atom. The van der Waals surface area contributed by atoms with Crippen LogP contribution >= 0.6 is 0 Å². The van der Waals surface area contributed by atoms with Crippen molar-refractivity contribution < 1.29 is 33.3 Å². The van der Waals surface area contributed by atoms with Crippen LogP contribution in [0.1, 0.15) is 39.5 Å². The minimum atomic E-state index is 0.0521. The van der Waals surface area contributed by atoms with Gasteiger partial charge >= 0.3 is 0 Å². The molecule has 10 heteroatoms. The number of hydrogen-bond donors (Lipinski definition) is 1. The molecule has 35 heavy (non-hydrogen) atoms. The zero-order valence-electron chi connectivity index (χ0n) is 21.6. The van der Waals surface area contributed by atoms with Crippen LogP contribution in [0, 0.1) is 0 Å². The van der Waals surface area contributed by atoms with Crippen molar-refractivity contribution in [2.24, 2.45) is 0 Å². The van der Waals surface area contributed by atoms with Crippen molar-refractivity contribution in [3.63, 3.8) is 0 Å². The number of carbonyl (C=O) groups excluding carboxylic acids is 3. The Labute approximate surface area is 210 Å². The number of carbonyl (C=O) groups is 3. The largest absolute Gasteiger partial charge is 0.379 e. The molecule has 0 saturated carbocycles. The first kappa shape index (κ1) is 31.2. The highest BCUT2D eigenvalue weighted by Crippen LogP contribution is 2.04. The van der Waals surface area contributed by atoms with Crippen molar-refractivity contribution in [1.82, 2.24) is 15.1 Å². The van der Waals surface area contributed by atoms with Gasteiger partial charge in [-0.05, 0) is 19.4 Å². The van der Waals surface area contributed by atoms with E-state index in [1.54, 1.807) is 6.08 Å². The zero-order valence-corrected chi connectivity index (χ0v) is 21.6. The van der Waals surface area contributed by atoms with Crippen LogP contribution in [0.25, 0.3) is 0 Å². The highest BCUT2D eigenvalue weighted by Gasteiger charge is 2.19.